The highest BCUT2D eigenvalue weighted by Crippen LogP contribution is 2.38. The Hall–Kier alpha value is -7.06. The van der Waals surface area contributed by atoms with Gasteiger partial charge in [-0.2, -0.15) is 0 Å². The number of hydrogen-bond acceptors (Lipinski definition) is 8. The van der Waals surface area contributed by atoms with E-state index in [9.17, 15) is 0 Å². The largest absolute Gasteiger partial charge is 0.457 e. The zero-order valence-corrected chi connectivity index (χ0v) is 28.4. The van der Waals surface area contributed by atoms with Crippen molar-refractivity contribution in [3.63, 3.8) is 0 Å². The van der Waals surface area contributed by atoms with Crippen LogP contribution < -0.4 is 39.9 Å². The predicted octanol–water partition coefficient (Wildman–Crippen LogP) is 12.2. The summed E-state index contributed by atoms with van der Waals surface area (Å²) in [5.74, 6) is 7.62. The minimum Gasteiger partial charge on any atom is -0.457 e. The number of hydrogen-bond donors (Lipinski definition) is 2. The van der Waals surface area contributed by atoms with Crippen LogP contribution in [0.2, 0.25) is 0 Å². The van der Waals surface area contributed by atoms with Crippen molar-refractivity contribution >= 4 is 11.4 Å². The van der Waals surface area contributed by atoms with Gasteiger partial charge in [-0.25, -0.2) is 0 Å². The third-order valence-corrected chi connectivity index (χ3v) is 7.78. The Kier molecular flexibility index (Phi) is 10.1. The van der Waals surface area contributed by atoms with Crippen LogP contribution in [0.25, 0.3) is 0 Å². The van der Waals surface area contributed by atoms with Crippen LogP contribution in [-0.2, 0) is 6.42 Å². The molecule has 7 rings (SSSR count). The molecule has 4 N–H and O–H groups in total. The van der Waals surface area contributed by atoms with Crippen LogP contribution in [-0.4, -0.2) is 0 Å². The van der Waals surface area contributed by atoms with Crippen LogP contribution in [0.3, 0.4) is 0 Å². The standard InChI is InChI=1S/C44H36N2O6/c1-2-42-43(51-40-20-7-18-38(28-40)49-36-16-5-14-34(26-36)47-32-12-3-10-30(45)24-32)22-9-23-44(42)52-41-21-8-19-39(29-41)50-37-17-6-15-35(27-37)48-33-13-4-11-31(46)25-33/h3-29H,2,45-46H2,1H3. The molecular weight excluding hydrogens is 652 g/mol. The van der Waals surface area contributed by atoms with Crippen molar-refractivity contribution < 1.29 is 28.4 Å². The lowest BCUT2D eigenvalue weighted by molar-refractivity contribution is 0.438. The van der Waals surface area contributed by atoms with E-state index in [0.29, 0.717) is 86.8 Å². The third kappa shape index (κ3) is 8.74. The first-order valence-electron chi connectivity index (χ1n) is 16.8. The average molecular weight is 689 g/mol. The van der Waals surface area contributed by atoms with Crippen molar-refractivity contribution in [2.24, 2.45) is 0 Å². The Bertz CT molecular complexity index is 2150. The Balaban J connectivity index is 1.02. The van der Waals surface area contributed by atoms with Crippen LogP contribution >= 0.6 is 0 Å². The summed E-state index contributed by atoms with van der Waals surface area (Å²) in [6.45, 7) is 2.06. The molecule has 0 fully saturated rings. The van der Waals surface area contributed by atoms with Gasteiger partial charge in [-0.1, -0.05) is 49.4 Å². The second-order valence-corrected chi connectivity index (χ2v) is 11.7. The van der Waals surface area contributed by atoms with Crippen LogP contribution in [0.4, 0.5) is 11.4 Å². The van der Waals surface area contributed by atoms with Gasteiger partial charge in [-0.05, 0) is 91.3 Å². The van der Waals surface area contributed by atoms with Gasteiger partial charge in [0.1, 0.15) is 69.0 Å². The molecule has 258 valence electrons. The van der Waals surface area contributed by atoms with E-state index in [4.69, 9.17) is 39.9 Å². The maximum atomic E-state index is 6.39. The quantitative estimate of drug-likeness (QED) is 0.115. The summed E-state index contributed by atoms with van der Waals surface area (Å²) in [6.07, 6.45) is 0.678. The summed E-state index contributed by atoms with van der Waals surface area (Å²) >= 11 is 0. The summed E-state index contributed by atoms with van der Waals surface area (Å²) in [7, 11) is 0. The predicted molar refractivity (Wildman–Crippen MR) is 204 cm³/mol. The highest BCUT2D eigenvalue weighted by Gasteiger charge is 2.13. The monoisotopic (exact) mass is 688 g/mol. The minimum atomic E-state index is 0.614. The lowest BCUT2D eigenvalue weighted by Crippen LogP contribution is -1.96. The molecule has 0 spiro atoms. The van der Waals surface area contributed by atoms with E-state index in [0.717, 1.165) is 5.56 Å². The van der Waals surface area contributed by atoms with Gasteiger partial charge in [0.05, 0.1) is 0 Å². The van der Waals surface area contributed by atoms with Crippen molar-refractivity contribution in [2.75, 3.05) is 11.5 Å². The molecule has 0 saturated heterocycles. The van der Waals surface area contributed by atoms with Gasteiger partial charge < -0.3 is 39.9 Å². The smallest absolute Gasteiger partial charge is 0.134 e. The highest BCUT2D eigenvalue weighted by atomic mass is 16.5. The number of rotatable bonds is 13. The molecule has 0 amide bonds. The van der Waals surface area contributed by atoms with E-state index >= 15 is 0 Å². The number of anilines is 2. The van der Waals surface area contributed by atoms with Crippen molar-refractivity contribution in [1.82, 2.24) is 0 Å². The maximum absolute atomic E-state index is 6.39. The van der Waals surface area contributed by atoms with Crippen LogP contribution in [0.15, 0.2) is 164 Å². The van der Waals surface area contributed by atoms with Gasteiger partial charge in [0, 0.05) is 53.3 Å². The van der Waals surface area contributed by atoms with Gasteiger partial charge >= 0.3 is 0 Å². The Morgan fingerprint density at radius 3 is 0.865 bits per heavy atom. The number of nitrogen functional groups attached to an aromatic ring is 2. The molecule has 8 nitrogen and oxygen atoms in total. The molecule has 0 heterocycles. The second-order valence-electron chi connectivity index (χ2n) is 11.7. The molecule has 0 aliphatic rings. The third-order valence-electron chi connectivity index (χ3n) is 7.78. The molecule has 0 aliphatic heterocycles. The molecule has 52 heavy (non-hydrogen) atoms. The molecule has 0 unspecified atom stereocenters. The topological polar surface area (TPSA) is 107 Å². The zero-order valence-electron chi connectivity index (χ0n) is 28.4. The fraction of sp³-hybridized carbons (Fsp3) is 0.0455. The van der Waals surface area contributed by atoms with Gasteiger partial charge in [-0.3, -0.25) is 0 Å². The molecule has 0 atom stereocenters. The molecule has 0 aliphatic carbocycles. The maximum Gasteiger partial charge on any atom is 0.134 e. The SMILES string of the molecule is CCc1c(Oc2cccc(Oc3cccc(Oc4cccc(N)c4)c3)c2)cccc1Oc1cccc(Oc2cccc(Oc3cccc(N)c3)c2)c1. The lowest BCUT2D eigenvalue weighted by Gasteiger charge is -2.16. The van der Waals surface area contributed by atoms with Gasteiger partial charge in [0.2, 0.25) is 0 Å². The summed E-state index contributed by atoms with van der Waals surface area (Å²) < 4.78 is 37.1. The molecular formula is C44H36N2O6. The van der Waals surface area contributed by atoms with Crippen molar-refractivity contribution in [2.45, 2.75) is 13.3 Å². The van der Waals surface area contributed by atoms with Crippen molar-refractivity contribution in [3.05, 3.63) is 169 Å². The molecule has 7 aromatic rings. The van der Waals surface area contributed by atoms with Crippen LogP contribution in [0.1, 0.15) is 12.5 Å². The van der Waals surface area contributed by atoms with E-state index in [1.165, 1.54) is 0 Å². The van der Waals surface area contributed by atoms with Gasteiger partial charge in [0.15, 0.2) is 0 Å². The first-order chi connectivity index (χ1) is 25.5. The Morgan fingerprint density at radius 2 is 0.577 bits per heavy atom. The van der Waals surface area contributed by atoms with E-state index in [2.05, 4.69) is 6.92 Å². The molecule has 8 heteroatoms. The number of nitrogens with two attached hydrogens (primary N) is 2. The Labute approximate surface area is 302 Å². The van der Waals surface area contributed by atoms with Crippen molar-refractivity contribution in [3.8, 4) is 69.0 Å². The normalized spacial score (nSPS) is 10.6. The highest BCUT2D eigenvalue weighted by molar-refractivity contribution is 5.51. The minimum absolute atomic E-state index is 0.614. The number of ether oxygens (including phenoxy) is 6. The lowest BCUT2D eigenvalue weighted by atomic mass is 10.1. The molecule has 7 aromatic carbocycles. The zero-order chi connectivity index (χ0) is 35.7. The van der Waals surface area contributed by atoms with Crippen LogP contribution in [0.5, 0.6) is 69.0 Å². The summed E-state index contributed by atoms with van der Waals surface area (Å²) in [6, 6.07) is 50.1. The second kappa shape index (κ2) is 15.7. The fourth-order valence-corrected chi connectivity index (χ4v) is 5.44. The number of benzene rings is 7. The Morgan fingerprint density at radius 1 is 0.327 bits per heavy atom. The van der Waals surface area contributed by atoms with Gasteiger partial charge in [-0.15, -0.1) is 0 Å². The average Bonchev–Trinajstić information content (AvgIpc) is 3.13. The molecule has 0 saturated carbocycles. The fourth-order valence-electron chi connectivity index (χ4n) is 5.44. The first-order valence-corrected chi connectivity index (χ1v) is 16.8. The van der Waals surface area contributed by atoms with E-state index in [-0.39, 0.29) is 0 Å². The first kappa shape index (κ1) is 33.4. The summed E-state index contributed by atoms with van der Waals surface area (Å²) in [5, 5.41) is 0. The molecule has 0 radical (unpaired) electrons. The van der Waals surface area contributed by atoms with Gasteiger partial charge in [0.25, 0.3) is 0 Å². The van der Waals surface area contributed by atoms with Crippen molar-refractivity contribution in [1.29, 1.82) is 0 Å². The molecule has 0 aromatic heterocycles. The van der Waals surface area contributed by atoms with E-state index in [1.807, 2.05) is 152 Å². The van der Waals surface area contributed by atoms with Crippen LogP contribution in [0, 0.1) is 0 Å². The summed E-state index contributed by atoms with van der Waals surface area (Å²) in [5.41, 5.74) is 14.0. The van der Waals surface area contributed by atoms with E-state index in [1.54, 1.807) is 12.1 Å². The molecule has 0 bridgehead atoms. The summed E-state index contributed by atoms with van der Waals surface area (Å²) in [4.78, 5) is 0. The van der Waals surface area contributed by atoms with E-state index < -0.39 is 0 Å².